The first-order chi connectivity index (χ1) is 17.7. The van der Waals surface area contributed by atoms with E-state index < -0.39 is 11.9 Å². The number of rotatable bonds is 4. The van der Waals surface area contributed by atoms with E-state index in [4.69, 9.17) is 35.4 Å². The molecule has 0 aliphatic carbocycles. The summed E-state index contributed by atoms with van der Waals surface area (Å²) in [5.41, 5.74) is 6.49. The maximum atomic E-state index is 13.6. The number of nitrogens with zero attached hydrogens (tertiary/aromatic N) is 2. The zero-order chi connectivity index (χ0) is 26.3. The molecule has 0 aromatic heterocycles. The fraction of sp³-hybridized carbons (Fsp3) is 0.0769. The van der Waals surface area contributed by atoms with Gasteiger partial charge in [0.15, 0.2) is 4.32 Å². The van der Waals surface area contributed by atoms with E-state index >= 15 is 0 Å². The number of hydrogen-bond acceptors (Lipinski definition) is 5. The molecular formula is C26H18Cl2N4O3S2. The average Bonchev–Trinajstić information content (AvgIpc) is 3.29. The first kappa shape index (κ1) is 25.3. The van der Waals surface area contributed by atoms with Gasteiger partial charge in [-0.1, -0.05) is 83.0 Å². The van der Waals surface area contributed by atoms with Crippen molar-refractivity contribution in [1.82, 2.24) is 10.4 Å². The van der Waals surface area contributed by atoms with E-state index in [1.165, 1.54) is 12.1 Å². The summed E-state index contributed by atoms with van der Waals surface area (Å²) in [5, 5.41) is 4.14. The predicted molar refractivity (Wildman–Crippen MR) is 151 cm³/mol. The average molecular weight is 569 g/mol. The number of hydrogen-bond donors (Lipinski definition) is 2. The van der Waals surface area contributed by atoms with Gasteiger partial charge in [-0.05, 0) is 49.0 Å². The zero-order valence-corrected chi connectivity index (χ0v) is 22.4. The fourth-order valence-electron chi connectivity index (χ4n) is 4.10. The Labute approximate surface area is 232 Å². The molecule has 2 N–H and O–H groups in total. The number of anilines is 2. The third kappa shape index (κ3) is 4.95. The number of carbonyl (C=O) groups excluding carboxylic acids is 3. The summed E-state index contributed by atoms with van der Waals surface area (Å²) in [6.07, 6.45) is 0. The highest BCUT2D eigenvalue weighted by Crippen LogP contribution is 2.44. The van der Waals surface area contributed by atoms with Crippen LogP contribution in [0.3, 0.4) is 0 Å². The Kier molecular flexibility index (Phi) is 6.96. The van der Waals surface area contributed by atoms with Gasteiger partial charge in [-0.2, -0.15) is 5.01 Å². The van der Waals surface area contributed by atoms with E-state index in [-0.39, 0.29) is 25.7 Å². The monoisotopic (exact) mass is 568 g/mol. The number of halogens is 2. The Hall–Kier alpha value is -3.37. The number of carbonyl (C=O) groups is 3. The third-order valence-corrected chi connectivity index (χ3v) is 7.85. The lowest BCUT2D eigenvalue weighted by molar-refractivity contribution is -0.123. The van der Waals surface area contributed by atoms with Crippen molar-refractivity contribution in [3.63, 3.8) is 0 Å². The van der Waals surface area contributed by atoms with Gasteiger partial charge < -0.3 is 10.2 Å². The molecule has 5 rings (SSSR count). The van der Waals surface area contributed by atoms with Crippen LogP contribution in [0.15, 0.2) is 71.6 Å². The van der Waals surface area contributed by atoms with Crippen LogP contribution < -0.4 is 15.6 Å². The molecule has 0 spiro atoms. The lowest BCUT2D eigenvalue weighted by Gasteiger charge is -2.17. The van der Waals surface area contributed by atoms with Crippen molar-refractivity contribution in [1.29, 1.82) is 0 Å². The highest BCUT2D eigenvalue weighted by molar-refractivity contribution is 8.26. The molecule has 186 valence electrons. The number of aryl methyl sites for hydroxylation is 1. The topological polar surface area (TPSA) is 81.8 Å². The van der Waals surface area contributed by atoms with E-state index in [1.54, 1.807) is 17.0 Å². The van der Waals surface area contributed by atoms with Crippen LogP contribution in [0.2, 0.25) is 10.0 Å². The smallest absolute Gasteiger partial charge is 0.307 e. The Balaban J connectivity index is 1.41. The molecule has 0 bridgehead atoms. The van der Waals surface area contributed by atoms with E-state index in [2.05, 4.69) is 10.7 Å². The van der Waals surface area contributed by atoms with Crippen LogP contribution in [0.5, 0.6) is 0 Å². The molecule has 3 aromatic rings. The molecular weight excluding hydrogens is 551 g/mol. The first-order valence-corrected chi connectivity index (χ1v) is 13.0. The molecule has 37 heavy (non-hydrogen) atoms. The van der Waals surface area contributed by atoms with Gasteiger partial charge in [0.1, 0.15) is 0 Å². The van der Waals surface area contributed by atoms with Crippen molar-refractivity contribution in [3.05, 3.63) is 98.4 Å². The molecule has 0 atom stereocenters. The quantitative estimate of drug-likeness (QED) is 0.291. The van der Waals surface area contributed by atoms with Crippen molar-refractivity contribution in [2.24, 2.45) is 0 Å². The van der Waals surface area contributed by atoms with Crippen LogP contribution in [-0.4, -0.2) is 27.2 Å². The number of fused-ring (bicyclic) bond motifs is 1. The molecule has 1 saturated heterocycles. The molecule has 2 heterocycles. The SMILES string of the molecule is Cc1cccc(CN2C(=O)/C(=C3/SC(=S)N(NC(=O)Nc4ccc(Cl)c(Cl)c4)C3=O)c3ccccc32)c1. The van der Waals surface area contributed by atoms with Gasteiger partial charge in [0.2, 0.25) is 0 Å². The third-order valence-electron chi connectivity index (χ3n) is 5.73. The summed E-state index contributed by atoms with van der Waals surface area (Å²) in [4.78, 5) is 41.4. The lowest BCUT2D eigenvalue weighted by Crippen LogP contribution is -2.46. The van der Waals surface area contributed by atoms with Gasteiger partial charge in [-0.25, -0.2) is 10.2 Å². The standard InChI is InChI=1S/C26H18Cl2N4O3S2/c1-14-5-4-6-15(11-14)13-31-20-8-3-2-7-17(20)21(23(31)33)22-24(34)32(26(36)37-22)30-25(35)29-16-9-10-18(27)19(28)12-16/h2-12H,13H2,1H3,(H2,29,30,35)/b22-21+. The molecule has 0 radical (unpaired) electrons. The molecule has 0 saturated carbocycles. The van der Waals surface area contributed by atoms with Gasteiger partial charge in [0, 0.05) is 11.3 Å². The molecule has 2 aliphatic rings. The Morgan fingerprint density at radius 1 is 0.973 bits per heavy atom. The van der Waals surface area contributed by atoms with E-state index in [9.17, 15) is 14.4 Å². The normalized spacial score (nSPS) is 16.9. The second-order valence-electron chi connectivity index (χ2n) is 8.30. The van der Waals surface area contributed by atoms with Crippen molar-refractivity contribution >= 4 is 86.3 Å². The maximum Gasteiger partial charge on any atom is 0.338 e. The number of urea groups is 1. The number of benzene rings is 3. The minimum Gasteiger partial charge on any atom is -0.307 e. The minimum atomic E-state index is -0.708. The number of thiocarbonyl (C=S) groups is 1. The number of para-hydroxylation sites is 1. The van der Waals surface area contributed by atoms with Gasteiger partial charge in [-0.3, -0.25) is 9.59 Å². The highest BCUT2D eigenvalue weighted by Gasteiger charge is 2.42. The van der Waals surface area contributed by atoms with Crippen LogP contribution in [0.4, 0.5) is 16.2 Å². The zero-order valence-electron chi connectivity index (χ0n) is 19.2. The first-order valence-electron chi connectivity index (χ1n) is 11.0. The summed E-state index contributed by atoms with van der Waals surface area (Å²) < 4.78 is 0.0965. The molecule has 11 heteroatoms. The largest absolute Gasteiger partial charge is 0.338 e. The summed E-state index contributed by atoms with van der Waals surface area (Å²) in [6, 6.07) is 19.1. The molecule has 3 aromatic carbocycles. The summed E-state index contributed by atoms with van der Waals surface area (Å²) >= 11 is 18.2. The van der Waals surface area contributed by atoms with Crippen LogP contribution in [0, 0.1) is 6.92 Å². The number of hydrazine groups is 1. The maximum absolute atomic E-state index is 13.6. The molecule has 4 amide bonds. The second kappa shape index (κ2) is 10.2. The molecule has 2 aliphatic heterocycles. The Morgan fingerprint density at radius 2 is 1.76 bits per heavy atom. The minimum absolute atomic E-state index is 0.0965. The van der Waals surface area contributed by atoms with E-state index in [1.807, 2.05) is 49.4 Å². The van der Waals surface area contributed by atoms with Crippen LogP contribution in [-0.2, 0) is 16.1 Å². The molecule has 7 nitrogen and oxygen atoms in total. The summed E-state index contributed by atoms with van der Waals surface area (Å²) in [6.45, 7) is 2.34. The Bertz CT molecular complexity index is 1530. The number of nitrogens with one attached hydrogen (secondary N) is 2. The number of thioether (sulfide) groups is 1. The summed E-state index contributed by atoms with van der Waals surface area (Å²) in [5.74, 6) is -0.890. The summed E-state index contributed by atoms with van der Waals surface area (Å²) in [7, 11) is 0. The Morgan fingerprint density at radius 3 is 2.51 bits per heavy atom. The van der Waals surface area contributed by atoms with Crippen LogP contribution in [0.1, 0.15) is 16.7 Å². The van der Waals surface area contributed by atoms with E-state index in [0.717, 1.165) is 27.9 Å². The second-order valence-corrected chi connectivity index (χ2v) is 10.8. The van der Waals surface area contributed by atoms with Crippen LogP contribution >= 0.6 is 47.2 Å². The van der Waals surface area contributed by atoms with Gasteiger partial charge in [0.25, 0.3) is 11.8 Å². The van der Waals surface area contributed by atoms with Crippen LogP contribution in [0.25, 0.3) is 5.57 Å². The van der Waals surface area contributed by atoms with Gasteiger partial charge in [0.05, 0.1) is 32.8 Å². The number of amides is 4. The van der Waals surface area contributed by atoms with Crippen molar-refractivity contribution in [2.45, 2.75) is 13.5 Å². The fourth-order valence-corrected chi connectivity index (χ4v) is 5.65. The van der Waals surface area contributed by atoms with Crippen molar-refractivity contribution < 1.29 is 14.4 Å². The van der Waals surface area contributed by atoms with Crippen molar-refractivity contribution in [3.8, 4) is 0 Å². The highest BCUT2D eigenvalue weighted by atomic mass is 35.5. The molecule has 1 fully saturated rings. The van der Waals surface area contributed by atoms with Crippen molar-refractivity contribution in [2.75, 3.05) is 10.2 Å². The van der Waals surface area contributed by atoms with Gasteiger partial charge in [-0.15, -0.1) is 0 Å². The lowest BCUT2D eigenvalue weighted by atomic mass is 10.1. The van der Waals surface area contributed by atoms with Gasteiger partial charge >= 0.3 is 6.03 Å². The predicted octanol–water partition coefficient (Wildman–Crippen LogP) is 6.16. The molecule has 0 unspecified atom stereocenters. The van der Waals surface area contributed by atoms with E-state index in [0.29, 0.717) is 28.5 Å².